The predicted octanol–water partition coefficient (Wildman–Crippen LogP) is 4.53. The van der Waals surface area contributed by atoms with Gasteiger partial charge in [-0.15, -0.1) is 0 Å². The maximum atomic E-state index is 11.6. The Morgan fingerprint density at radius 2 is 1.57 bits per heavy atom. The minimum atomic E-state index is -0.578. The summed E-state index contributed by atoms with van der Waals surface area (Å²) in [6, 6.07) is 2.76. The minimum absolute atomic E-state index is 0.0411. The molecule has 1 rings (SSSR count). The predicted molar refractivity (Wildman–Crippen MR) is 82.1 cm³/mol. The lowest BCUT2D eigenvalue weighted by Gasteiger charge is -2.08. The fourth-order valence-corrected chi connectivity index (χ4v) is 1.89. The fraction of sp³-hybridized carbons (Fsp3) is 0.429. The van der Waals surface area contributed by atoms with Crippen molar-refractivity contribution in [3.63, 3.8) is 0 Å². The van der Waals surface area contributed by atoms with Gasteiger partial charge in [0.05, 0.1) is 34.5 Å². The summed E-state index contributed by atoms with van der Waals surface area (Å²) in [5.74, 6) is -0.590. The second-order valence-electron chi connectivity index (χ2n) is 4.75. The van der Waals surface area contributed by atoms with E-state index in [1.54, 1.807) is 0 Å². The summed E-state index contributed by atoms with van der Waals surface area (Å²) < 4.78 is 9.98. The lowest BCUT2D eigenvalue weighted by Crippen LogP contribution is -2.14. The molecule has 4 nitrogen and oxygen atoms in total. The van der Waals surface area contributed by atoms with Crippen molar-refractivity contribution in [3.8, 4) is 5.75 Å². The molecule has 0 atom stereocenters. The molecule has 0 bridgehead atoms. The molecule has 0 spiro atoms. The number of esters is 2. The van der Waals surface area contributed by atoms with Crippen LogP contribution in [0.5, 0.6) is 5.75 Å². The van der Waals surface area contributed by atoms with Gasteiger partial charge in [0.15, 0.2) is 0 Å². The fourth-order valence-electron chi connectivity index (χ4n) is 1.31. The summed E-state index contributed by atoms with van der Waals surface area (Å²) in [6.07, 6.45) is -0.130. The molecular weight excluding hydrogens is 339 g/mol. The SMILES string of the molecule is CC(C)COC(=O)CCC(=O)Oc1cc(Cl)c(Cl)c(Cl)c1. The number of hydrogen-bond donors (Lipinski definition) is 0. The third kappa shape index (κ3) is 6.55. The van der Waals surface area contributed by atoms with Crippen molar-refractivity contribution in [2.45, 2.75) is 26.7 Å². The molecule has 7 heteroatoms. The summed E-state index contributed by atoms with van der Waals surface area (Å²) in [4.78, 5) is 23.0. The first-order chi connectivity index (χ1) is 9.79. The number of rotatable bonds is 6. The lowest BCUT2D eigenvalue weighted by atomic mass is 10.2. The van der Waals surface area contributed by atoms with Crippen LogP contribution in [0.2, 0.25) is 15.1 Å². The van der Waals surface area contributed by atoms with Gasteiger partial charge in [-0.3, -0.25) is 9.59 Å². The van der Waals surface area contributed by atoms with E-state index in [9.17, 15) is 9.59 Å². The summed E-state index contributed by atoms with van der Waals surface area (Å²) >= 11 is 17.4. The molecule has 0 radical (unpaired) electrons. The first kappa shape index (κ1) is 18.1. The molecule has 0 heterocycles. The maximum absolute atomic E-state index is 11.6. The molecule has 0 N–H and O–H groups in total. The average molecular weight is 354 g/mol. The van der Waals surface area contributed by atoms with Crippen LogP contribution in [-0.4, -0.2) is 18.5 Å². The Hall–Kier alpha value is -0.970. The van der Waals surface area contributed by atoms with Gasteiger partial charge in [0.2, 0.25) is 0 Å². The van der Waals surface area contributed by atoms with E-state index in [0.717, 1.165) is 0 Å². The zero-order valence-corrected chi connectivity index (χ0v) is 13.9. The highest BCUT2D eigenvalue weighted by molar-refractivity contribution is 6.48. The molecular formula is C14H15Cl3O4. The number of carbonyl (C=O) groups excluding carboxylic acids is 2. The summed E-state index contributed by atoms with van der Waals surface area (Å²) in [5, 5.41) is 0.557. The minimum Gasteiger partial charge on any atom is -0.465 e. The molecule has 0 saturated heterocycles. The Labute approximate surface area is 138 Å². The van der Waals surface area contributed by atoms with Crippen LogP contribution in [0.25, 0.3) is 0 Å². The first-order valence-corrected chi connectivity index (χ1v) is 7.43. The highest BCUT2D eigenvalue weighted by atomic mass is 35.5. The van der Waals surface area contributed by atoms with Gasteiger partial charge in [0, 0.05) is 12.1 Å². The Kier molecular flexibility index (Phi) is 7.29. The molecule has 0 unspecified atom stereocenters. The number of carbonyl (C=O) groups is 2. The molecule has 1 aromatic rings. The number of benzene rings is 1. The van der Waals surface area contributed by atoms with Crippen molar-refractivity contribution in [3.05, 3.63) is 27.2 Å². The van der Waals surface area contributed by atoms with E-state index < -0.39 is 11.9 Å². The zero-order chi connectivity index (χ0) is 16.0. The van der Waals surface area contributed by atoms with Crippen molar-refractivity contribution in [2.75, 3.05) is 6.61 Å². The molecule has 0 aliphatic rings. The van der Waals surface area contributed by atoms with Crippen LogP contribution in [0.4, 0.5) is 0 Å². The normalized spacial score (nSPS) is 10.6. The third-order valence-corrected chi connectivity index (χ3v) is 3.50. The van der Waals surface area contributed by atoms with E-state index in [0.29, 0.717) is 6.61 Å². The van der Waals surface area contributed by atoms with E-state index in [2.05, 4.69) is 0 Å². The van der Waals surface area contributed by atoms with Gasteiger partial charge >= 0.3 is 11.9 Å². The summed E-state index contributed by atoms with van der Waals surface area (Å²) in [7, 11) is 0. The van der Waals surface area contributed by atoms with Crippen molar-refractivity contribution in [2.24, 2.45) is 5.92 Å². The Morgan fingerprint density at radius 1 is 1.05 bits per heavy atom. The lowest BCUT2D eigenvalue weighted by molar-refractivity contribution is -0.147. The Bertz CT molecular complexity index is 506. The van der Waals surface area contributed by atoms with Gasteiger partial charge in [-0.1, -0.05) is 48.7 Å². The van der Waals surface area contributed by atoms with Crippen molar-refractivity contribution in [1.29, 1.82) is 0 Å². The van der Waals surface area contributed by atoms with Gasteiger partial charge < -0.3 is 9.47 Å². The number of halogens is 3. The van der Waals surface area contributed by atoms with E-state index in [1.165, 1.54) is 12.1 Å². The standard InChI is InChI=1S/C14H15Cl3O4/c1-8(2)7-20-12(18)3-4-13(19)21-9-5-10(15)14(17)11(16)6-9/h5-6,8H,3-4,7H2,1-2H3. The van der Waals surface area contributed by atoms with E-state index in [1.807, 2.05) is 13.8 Å². The van der Waals surface area contributed by atoms with E-state index in [-0.39, 0.29) is 39.6 Å². The van der Waals surface area contributed by atoms with Crippen LogP contribution in [0.1, 0.15) is 26.7 Å². The first-order valence-electron chi connectivity index (χ1n) is 6.30. The average Bonchev–Trinajstić information content (AvgIpc) is 2.40. The molecule has 1 aromatic carbocycles. The monoisotopic (exact) mass is 352 g/mol. The molecule has 21 heavy (non-hydrogen) atoms. The Balaban J connectivity index is 2.46. The second kappa shape index (κ2) is 8.47. The highest BCUT2D eigenvalue weighted by Crippen LogP contribution is 2.34. The molecule has 0 aromatic heterocycles. The quantitative estimate of drug-likeness (QED) is 0.428. The van der Waals surface area contributed by atoms with Gasteiger partial charge in [-0.25, -0.2) is 0 Å². The molecule has 0 aliphatic heterocycles. The van der Waals surface area contributed by atoms with E-state index in [4.69, 9.17) is 44.3 Å². The molecule has 0 amide bonds. The maximum Gasteiger partial charge on any atom is 0.311 e. The molecule has 0 fully saturated rings. The van der Waals surface area contributed by atoms with Gasteiger partial charge in [-0.2, -0.15) is 0 Å². The summed E-state index contributed by atoms with van der Waals surface area (Å²) in [5.41, 5.74) is 0. The zero-order valence-electron chi connectivity index (χ0n) is 11.6. The van der Waals surface area contributed by atoms with Crippen LogP contribution in [0.3, 0.4) is 0 Å². The number of hydrogen-bond acceptors (Lipinski definition) is 4. The largest absolute Gasteiger partial charge is 0.465 e. The smallest absolute Gasteiger partial charge is 0.311 e. The van der Waals surface area contributed by atoms with Gasteiger partial charge in [0.25, 0.3) is 0 Å². The summed E-state index contributed by atoms with van der Waals surface area (Å²) in [6.45, 7) is 4.18. The molecule has 0 saturated carbocycles. The van der Waals surface area contributed by atoms with Gasteiger partial charge in [-0.05, 0) is 5.92 Å². The van der Waals surface area contributed by atoms with Crippen molar-refractivity contribution >= 4 is 46.7 Å². The van der Waals surface area contributed by atoms with Crippen molar-refractivity contribution < 1.29 is 19.1 Å². The highest BCUT2D eigenvalue weighted by Gasteiger charge is 2.13. The van der Waals surface area contributed by atoms with E-state index >= 15 is 0 Å². The topological polar surface area (TPSA) is 52.6 Å². The van der Waals surface area contributed by atoms with Crippen molar-refractivity contribution in [1.82, 2.24) is 0 Å². The van der Waals surface area contributed by atoms with Crippen LogP contribution in [0.15, 0.2) is 12.1 Å². The van der Waals surface area contributed by atoms with Crippen LogP contribution < -0.4 is 4.74 Å². The molecule has 116 valence electrons. The molecule has 0 aliphatic carbocycles. The van der Waals surface area contributed by atoms with Crippen LogP contribution >= 0.6 is 34.8 Å². The Morgan fingerprint density at radius 3 is 2.10 bits per heavy atom. The van der Waals surface area contributed by atoms with Crippen LogP contribution in [0, 0.1) is 5.92 Å². The second-order valence-corrected chi connectivity index (χ2v) is 5.94. The van der Waals surface area contributed by atoms with Crippen LogP contribution in [-0.2, 0) is 14.3 Å². The van der Waals surface area contributed by atoms with Gasteiger partial charge in [0.1, 0.15) is 5.75 Å². The number of ether oxygens (including phenoxy) is 2. The third-order valence-electron chi connectivity index (χ3n) is 2.30.